The van der Waals surface area contributed by atoms with Gasteiger partial charge in [-0.2, -0.15) is 14.0 Å². The first-order chi connectivity index (χ1) is 12.8. The van der Waals surface area contributed by atoms with E-state index in [2.05, 4.69) is 16.5 Å². The molecule has 0 aliphatic rings. The predicted octanol–water partition coefficient (Wildman–Crippen LogP) is 3.67. The minimum absolute atomic E-state index is 0.0515. The lowest BCUT2D eigenvalue weighted by atomic mass is 10.1. The van der Waals surface area contributed by atoms with Gasteiger partial charge < -0.3 is 9.47 Å². The summed E-state index contributed by atoms with van der Waals surface area (Å²) in [5.74, 6) is -0.485. The van der Waals surface area contributed by atoms with E-state index in [1.165, 1.54) is 18.1 Å². The maximum absolute atomic E-state index is 12.9. The number of carbonyl (C=O) groups excluding carboxylic acids is 1. The van der Waals surface area contributed by atoms with Crippen LogP contribution < -0.4 is 0 Å². The molecule has 0 saturated heterocycles. The molecule has 0 saturated carbocycles. The molecule has 0 atom stereocenters. The predicted molar refractivity (Wildman–Crippen MR) is 97.7 cm³/mol. The van der Waals surface area contributed by atoms with Crippen molar-refractivity contribution in [1.82, 2.24) is 19.0 Å². The van der Waals surface area contributed by atoms with Crippen LogP contribution in [0, 0.1) is 25.2 Å². The summed E-state index contributed by atoms with van der Waals surface area (Å²) in [7, 11) is 1.46. The highest BCUT2D eigenvalue weighted by Crippen LogP contribution is 2.20. The lowest BCUT2D eigenvalue weighted by molar-refractivity contribution is -0.126. The highest BCUT2D eigenvalue weighted by atomic mass is 19.3. The SMILES string of the molecule is CCCn1c(C)cc(/C=C(\C#N)C(=O)N(C)Cc2nccn2C(F)F)c1C. The molecule has 0 spiro atoms. The molecule has 2 heterocycles. The van der Waals surface area contributed by atoms with Gasteiger partial charge in [0.1, 0.15) is 17.5 Å². The van der Waals surface area contributed by atoms with E-state index in [0.29, 0.717) is 4.57 Å². The fourth-order valence-electron chi connectivity index (χ4n) is 2.97. The number of likely N-dealkylation sites (N-methyl/N-ethyl adjacent to an activating group) is 1. The van der Waals surface area contributed by atoms with E-state index in [9.17, 15) is 18.8 Å². The van der Waals surface area contributed by atoms with Crippen molar-refractivity contribution in [2.75, 3.05) is 7.05 Å². The molecule has 0 N–H and O–H groups in total. The summed E-state index contributed by atoms with van der Waals surface area (Å²) in [6, 6.07) is 3.85. The van der Waals surface area contributed by atoms with Crippen LogP contribution in [0.15, 0.2) is 24.0 Å². The Morgan fingerprint density at radius 1 is 1.44 bits per heavy atom. The zero-order valence-electron chi connectivity index (χ0n) is 15.9. The van der Waals surface area contributed by atoms with Crippen LogP contribution in [0.5, 0.6) is 0 Å². The molecule has 2 aromatic rings. The lowest BCUT2D eigenvalue weighted by Crippen LogP contribution is -2.28. The molecule has 0 fully saturated rings. The zero-order chi connectivity index (χ0) is 20.1. The molecule has 0 aliphatic heterocycles. The van der Waals surface area contributed by atoms with Crippen molar-refractivity contribution in [1.29, 1.82) is 5.26 Å². The van der Waals surface area contributed by atoms with Crippen molar-refractivity contribution in [2.24, 2.45) is 0 Å². The van der Waals surface area contributed by atoms with Crippen LogP contribution in [0.3, 0.4) is 0 Å². The molecule has 144 valence electrons. The second-order valence-electron chi connectivity index (χ2n) is 6.34. The standard InChI is InChI=1S/C19H23F2N5O/c1-5-7-25-13(2)9-15(14(25)3)10-16(11-22)18(27)24(4)12-17-23-6-8-26(17)19(20)21/h6,8-10,19H,5,7,12H2,1-4H3/b16-10+. The number of hydrogen-bond acceptors (Lipinski definition) is 3. The fourth-order valence-corrected chi connectivity index (χ4v) is 2.97. The molecule has 0 bridgehead atoms. The van der Waals surface area contributed by atoms with Crippen LogP contribution >= 0.6 is 0 Å². The van der Waals surface area contributed by atoms with E-state index in [0.717, 1.165) is 36.1 Å². The summed E-state index contributed by atoms with van der Waals surface area (Å²) in [6.07, 6.45) is 4.93. The Morgan fingerprint density at radius 2 is 2.15 bits per heavy atom. The molecule has 2 aromatic heterocycles. The molecule has 27 heavy (non-hydrogen) atoms. The number of aromatic nitrogens is 3. The third-order valence-corrected chi connectivity index (χ3v) is 4.40. The zero-order valence-corrected chi connectivity index (χ0v) is 15.9. The van der Waals surface area contributed by atoms with E-state index in [1.54, 1.807) is 6.08 Å². The minimum Gasteiger partial charge on any atom is -0.349 e. The van der Waals surface area contributed by atoms with Crippen molar-refractivity contribution >= 4 is 12.0 Å². The Morgan fingerprint density at radius 3 is 2.74 bits per heavy atom. The summed E-state index contributed by atoms with van der Waals surface area (Å²) < 4.78 is 28.7. The highest BCUT2D eigenvalue weighted by Gasteiger charge is 2.20. The largest absolute Gasteiger partial charge is 0.349 e. The number of alkyl halides is 2. The van der Waals surface area contributed by atoms with Gasteiger partial charge in [-0.3, -0.25) is 9.36 Å². The second-order valence-corrected chi connectivity index (χ2v) is 6.34. The van der Waals surface area contributed by atoms with Crippen molar-refractivity contribution in [3.63, 3.8) is 0 Å². The Hall–Kier alpha value is -2.95. The quantitative estimate of drug-likeness (QED) is 0.548. The number of nitriles is 1. The molecular formula is C19H23F2N5O. The Balaban J connectivity index is 2.25. The van der Waals surface area contributed by atoms with Crippen molar-refractivity contribution in [2.45, 2.75) is 46.8 Å². The van der Waals surface area contributed by atoms with Gasteiger partial charge in [0, 0.05) is 37.4 Å². The van der Waals surface area contributed by atoms with Gasteiger partial charge in [0.05, 0.1) is 6.54 Å². The molecule has 8 heteroatoms. The number of halogens is 2. The van der Waals surface area contributed by atoms with Gasteiger partial charge >= 0.3 is 6.55 Å². The first-order valence-corrected chi connectivity index (χ1v) is 8.64. The normalized spacial score (nSPS) is 11.7. The van der Waals surface area contributed by atoms with Crippen LogP contribution in [0.1, 0.15) is 42.7 Å². The molecular weight excluding hydrogens is 352 g/mol. The summed E-state index contributed by atoms with van der Waals surface area (Å²) in [4.78, 5) is 17.7. The summed E-state index contributed by atoms with van der Waals surface area (Å²) in [5, 5.41) is 9.43. The number of aryl methyl sites for hydroxylation is 1. The van der Waals surface area contributed by atoms with Crippen molar-refractivity contribution in [3.8, 4) is 6.07 Å². The number of carbonyl (C=O) groups is 1. The third kappa shape index (κ3) is 4.42. The number of amides is 1. The fraction of sp³-hybridized carbons (Fsp3) is 0.421. The molecule has 0 aliphatic carbocycles. The van der Waals surface area contributed by atoms with Crippen LogP contribution in [-0.2, 0) is 17.9 Å². The number of imidazole rings is 1. The minimum atomic E-state index is -2.74. The van der Waals surface area contributed by atoms with Gasteiger partial charge in [0.25, 0.3) is 5.91 Å². The van der Waals surface area contributed by atoms with E-state index in [-0.39, 0.29) is 17.9 Å². The van der Waals surface area contributed by atoms with Gasteiger partial charge in [-0.05, 0) is 38.0 Å². The summed E-state index contributed by atoms with van der Waals surface area (Å²) >= 11 is 0. The van der Waals surface area contributed by atoms with E-state index >= 15 is 0 Å². The van der Waals surface area contributed by atoms with Gasteiger partial charge in [-0.15, -0.1) is 0 Å². The van der Waals surface area contributed by atoms with E-state index in [1.807, 2.05) is 26.0 Å². The third-order valence-electron chi connectivity index (χ3n) is 4.40. The average molecular weight is 375 g/mol. The Kier molecular flexibility index (Phi) is 6.50. The van der Waals surface area contributed by atoms with Crippen molar-refractivity contribution < 1.29 is 13.6 Å². The lowest BCUT2D eigenvalue weighted by Gasteiger charge is -2.17. The van der Waals surface area contributed by atoms with Crippen LogP contribution in [0.25, 0.3) is 6.08 Å². The topological polar surface area (TPSA) is 66.8 Å². The molecule has 2 rings (SSSR count). The number of rotatable bonds is 7. The monoisotopic (exact) mass is 375 g/mol. The molecule has 1 amide bonds. The van der Waals surface area contributed by atoms with E-state index in [4.69, 9.17) is 0 Å². The molecule has 0 unspecified atom stereocenters. The summed E-state index contributed by atoms with van der Waals surface area (Å²) in [5.41, 5.74) is 2.78. The van der Waals surface area contributed by atoms with E-state index < -0.39 is 12.5 Å². The second kappa shape index (κ2) is 8.62. The maximum atomic E-state index is 12.9. The van der Waals surface area contributed by atoms with Crippen LogP contribution in [0.4, 0.5) is 8.78 Å². The molecule has 6 nitrogen and oxygen atoms in total. The highest BCUT2D eigenvalue weighted by molar-refractivity contribution is 6.01. The molecule has 0 radical (unpaired) electrons. The first kappa shape index (κ1) is 20.4. The van der Waals surface area contributed by atoms with Crippen LogP contribution in [0.2, 0.25) is 0 Å². The van der Waals surface area contributed by atoms with Crippen molar-refractivity contribution in [3.05, 3.63) is 46.8 Å². The number of hydrogen-bond donors (Lipinski definition) is 0. The van der Waals surface area contributed by atoms with Crippen LogP contribution in [-0.4, -0.2) is 32.0 Å². The smallest absolute Gasteiger partial charge is 0.319 e. The molecule has 0 aromatic carbocycles. The van der Waals surface area contributed by atoms with Gasteiger partial charge in [0.15, 0.2) is 0 Å². The Bertz CT molecular complexity index is 889. The van der Waals surface area contributed by atoms with Gasteiger partial charge in [-0.25, -0.2) is 4.98 Å². The first-order valence-electron chi connectivity index (χ1n) is 8.64. The maximum Gasteiger partial charge on any atom is 0.319 e. The summed E-state index contributed by atoms with van der Waals surface area (Å²) in [6.45, 7) is 4.00. The van der Waals surface area contributed by atoms with Gasteiger partial charge in [-0.1, -0.05) is 6.92 Å². The Labute approximate surface area is 157 Å². The number of nitrogens with zero attached hydrogens (tertiary/aromatic N) is 5. The average Bonchev–Trinajstić information content (AvgIpc) is 3.19. The van der Waals surface area contributed by atoms with Gasteiger partial charge in [0.2, 0.25) is 0 Å².